The van der Waals surface area contributed by atoms with Gasteiger partial charge in [0.2, 0.25) is 11.7 Å². The molecule has 0 unspecified atom stereocenters. The molecule has 96 valence electrons. The van der Waals surface area contributed by atoms with E-state index < -0.39 is 0 Å². The average Bonchev–Trinajstić information content (AvgIpc) is 3.08. The van der Waals surface area contributed by atoms with Gasteiger partial charge in [0.25, 0.3) is 0 Å². The second kappa shape index (κ2) is 4.85. The highest BCUT2D eigenvalue weighted by Gasteiger charge is 2.18. The minimum absolute atomic E-state index is 0.373. The minimum Gasteiger partial charge on any atom is -0.339 e. The van der Waals surface area contributed by atoms with Crippen molar-refractivity contribution in [2.45, 2.75) is 32.2 Å². The molecule has 2 aromatic rings. The van der Waals surface area contributed by atoms with Gasteiger partial charge in [0, 0.05) is 13.0 Å². The van der Waals surface area contributed by atoms with Gasteiger partial charge in [-0.25, -0.2) is 4.68 Å². The topological polar surface area (TPSA) is 81.7 Å². The Labute approximate surface area is 105 Å². The SMILES string of the molecule is CCc1nc(-c2cn([C@H]3CCCNC3)nn2)no1. The van der Waals surface area contributed by atoms with E-state index in [9.17, 15) is 0 Å². The van der Waals surface area contributed by atoms with Gasteiger partial charge < -0.3 is 9.84 Å². The lowest BCUT2D eigenvalue weighted by Gasteiger charge is -2.22. The van der Waals surface area contributed by atoms with E-state index in [1.165, 1.54) is 6.42 Å². The molecule has 1 atom stereocenters. The summed E-state index contributed by atoms with van der Waals surface area (Å²) in [4.78, 5) is 4.25. The Hall–Kier alpha value is -1.76. The monoisotopic (exact) mass is 248 g/mol. The summed E-state index contributed by atoms with van der Waals surface area (Å²) in [7, 11) is 0. The van der Waals surface area contributed by atoms with Crippen LogP contribution in [0.15, 0.2) is 10.7 Å². The zero-order chi connectivity index (χ0) is 12.4. The first-order valence-electron chi connectivity index (χ1n) is 6.32. The normalized spacial score (nSPS) is 20.2. The first kappa shape index (κ1) is 11.3. The van der Waals surface area contributed by atoms with E-state index in [0.29, 0.717) is 23.5 Å². The van der Waals surface area contributed by atoms with Crippen molar-refractivity contribution in [2.24, 2.45) is 0 Å². The Balaban J connectivity index is 1.79. The molecule has 18 heavy (non-hydrogen) atoms. The van der Waals surface area contributed by atoms with Gasteiger partial charge in [-0.15, -0.1) is 5.10 Å². The van der Waals surface area contributed by atoms with Crippen LogP contribution in [0.4, 0.5) is 0 Å². The van der Waals surface area contributed by atoms with Crippen molar-refractivity contribution in [3.8, 4) is 11.5 Å². The summed E-state index contributed by atoms with van der Waals surface area (Å²) < 4.78 is 6.96. The van der Waals surface area contributed by atoms with E-state index in [4.69, 9.17) is 4.52 Å². The number of rotatable bonds is 3. The quantitative estimate of drug-likeness (QED) is 0.865. The summed E-state index contributed by atoms with van der Waals surface area (Å²) >= 11 is 0. The number of aryl methyl sites for hydroxylation is 1. The molecule has 0 bridgehead atoms. The Morgan fingerprint density at radius 2 is 2.50 bits per heavy atom. The molecule has 1 aliphatic heterocycles. The van der Waals surface area contributed by atoms with Crippen LogP contribution in [0, 0.1) is 0 Å². The number of nitrogens with one attached hydrogen (secondary N) is 1. The van der Waals surface area contributed by atoms with Gasteiger partial charge in [-0.3, -0.25) is 0 Å². The molecule has 0 spiro atoms. The molecule has 3 rings (SSSR count). The summed E-state index contributed by atoms with van der Waals surface area (Å²) in [6.45, 7) is 4.00. The molecular formula is C11H16N6O. The molecule has 1 aliphatic rings. The zero-order valence-electron chi connectivity index (χ0n) is 10.3. The first-order chi connectivity index (χ1) is 8.86. The van der Waals surface area contributed by atoms with E-state index in [0.717, 1.165) is 25.9 Å². The van der Waals surface area contributed by atoms with Crippen LogP contribution in [0.3, 0.4) is 0 Å². The maximum absolute atomic E-state index is 5.07. The van der Waals surface area contributed by atoms with Gasteiger partial charge in [-0.2, -0.15) is 4.98 Å². The molecule has 7 heteroatoms. The van der Waals surface area contributed by atoms with Crippen LogP contribution in [0.2, 0.25) is 0 Å². The summed E-state index contributed by atoms with van der Waals surface area (Å²) in [5.41, 5.74) is 0.670. The Morgan fingerprint density at radius 1 is 1.56 bits per heavy atom. The van der Waals surface area contributed by atoms with Crippen molar-refractivity contribution >= 4 is 0 Å². The van der Waals surface area contributed by atoms with Crippen LogP contribution in [0.25, 0.3) is 11.5 Å². The van der Waals surface area contributed by atoms with Crippen molar-refractivity contribution in [3.05, 3.63) is 12.1 Å². The van der Waals surface area contributed by atoms with E-state index in [1.807, 2.05) is 17.8 Å². The summed E-state index contributed by atoms with van der Waals surface area (Å²) in [6.07, 6.45) is 4.92. The van der Waals surface area contributed by atoms with Crippen LogP contribution in [-0.4, -0.2) is 38.2 Å². The molecule has 7 nitrogen and oxygen atoms in total. The fourth-order valence-electron chi connectivity index (χ4n) is 2.12. The largest absolute Gasteiger partial charge is 0.339 e. The van der Waals surface area contributed by atoms with Crippen molar-refractivity contribution in [1.29, 1.82) is 0 Å². The second-order valence-electron chi connectivity index (χ2n) is 4.45. The average molecular weight is 248 g/mol. The lowest BCUT2D eigenvalue weighted by Crippen LogP contribution is -2.31. The number of aromatic nitrogens is 5. The molecule has 0 saturated carbocycles. The van der Waals surface area contributed by atoms with Crippen molar-refractivity contribution in [3.63, 3.8) is 0 Å². The van der Waals surface area contributed by atoms with E-state index in [1.54, 1.807) is 0 Å². The highest BCUT2D eigenvalue weighted by Crippen LogP contribution is 2.18. The van der Waals surface area contributed by atoms with Gasteiger partial charge in [0.05, 0.1) is 12.2 Å². The van der Waals surface area contributed by atoms with Gasteiger partial charge >= 0.3 is 0 Å². The van der Waals surface area contributed by atoms with Crippen LogP contribution < -0.4 is 5.32 Å². The predicted octanol–water partition coefficient (Wildman–Crippen LogP) is 0.815. The summed E-state index contributed by atoms with van der Waals surface area (Å²) in [6, 6.07) is 0.373. The Bertz CT molecular complexity index is 513. The molecule has 3 heterocycles. The molecule has 1 fully saturated rings. The lowest BCUT2D eigenvalue weighted by atomic mass is 10.1. The maximum Gasteiger partial charge on any atom is 0.226 e. The Morgan fingerprint density at radius 3 is 3.22 bits per heavy atom. The predicted molar refractivity (Wildman–Crippen MR) is 63.8 cm³/mol. The van der Waals surface area contributed by atoms with Crippen molar-refractivity contribution in [1.82, 2.24) is 30.5 Å². The third kappa shape index (κ3) is 2.13. The lowest BCUT2D eigenvalue weighted by molar-refractivity contribution is 0.341. The molecule has 1 saturated heterocycles. The first-order valence-corrected chi connectivity index (χ1v) is 6.32. The second-order valence-corrected chi connectivity index (χ2v) is 4.45. The zero-order valence-corrected chi connectivity index (χ0v) is 10.3. The summed E-state index contributed by atoms with van der Waals surface area (Å²) in [5, 5.41) is 15.5. The molecule has 0 radical (unpaired) electrons. The van der Waals surface area contributed by atoms with Crippen LogP contribution in [0.5, 0.6) is 0 Å². The molecule has 0 amide bonds. The number of piperidine rings is 1. The third-order valence-corrected chi connectivity index (χ3v) is 3.15. The van der Waals surface area contributed by atoms with Gasteiger partial charge in [0.15, 0.2) is 5.69 Å². The van der Waals surface area contributed by atoms with Gasteiger partial charge in [-0.05, 0) is 19.4 Å². The smallest absolute Gasteiger partial charge is 0.226 e. The Kier molecular flexibility index (Phi) is 3.06. The molecule has 0 aliphatic carbocycles. The molecule has 0 aromatic carbocycles. The number of hydrogen-bond donors (Lipinski definition) is 1. The highest BCUT2D eigenvalue weighted by molar-refractivity contribution is 5.45. The highest BCUT2D eigenvalue weighted by atomic mass is 16.5. The third-order valence-electron chi connectivity index (χ3n) is 3.15. The molecule has 2 aromatic heterocycles. The molecule has 1 N–H and O–H groups in total. The molecular weight excluding hydrogens is 232 g/mol. The van der Waals surface area contributed by atoms with E-state index in [-0.39, 0.29) is 0 Å². The fraction of sp³-hybridized carbons (Fsp3) is 0.636. The number of nitrogens with zero attached hydrogens (tertiary/aromatic N) is 5. The van der Waals surface area contributed by atoms with E-state index in [2.05, 4.69) is 25.8 Å². The van der Waals surface area contributed by atoms with Gasteiger partial charge in [-0.1, -0.05) is 17.3 Å². The van der Waals surface area contributed by atoms with Crippen molar-refractivity contribution < 1.29 is 4.52 Å². The van der Waals surface area contributed by atoms with Crippen LogP contribution >= 0.6 is 0 Å². The van der Waals surface area contributed by atoms with Crippen LogP contribution in [0.1, 0.15) is 31.7 Å². The fourth-order valence-corrected chi connectivity index (χ4v) is 2.12. The maximum atomic E-state index is 5.07. The summed E-state index contributed by atoms with van der Waals surface area (Å²) in [5.74, 6) is 1.14. The standard InChI is InChI=1S/C11H16N6O/c1-2-10-13-11(15-18-10)9-7-17(16-14-9)8-4-3-5-12-6-8/h7-8,12H,2-6H2,1H3/t8-/m0/s1. The van der Waals surface area contributed by atoms with Crippen molar-refractivity contribution in [2.75, 3.05) is 13.1 Å². The van der Waals surface area contributed by atoms with E-state index >= 15 is 0 Å². The number of hydrogen-bond acceptors (Lipinski definition) is 6. The van der Waals surface area contributed by atoms with Crippen LogP contribution in [-0.2, 0) is 6.42 Å². The minimum atomic E-state index is 0.373. The van der Waals surface area contributed by atoms with Gasteiger partial charge in [0.1, 0.15) is 0 Å².